The normalized spacial score (nSPS) is 24.5. The number of likely N-dealkylation sites (tertiary alicyclic amines) is 1. The maximum absolute atomic E-state index is 15.1. The summed E-state index contributed by atoms with van der Waals surface area (Å²) >= 11 is 0. The van der Waals surface area contributed by atoms with Gasteiger partial charge in [0.1, 0.15) is 17.7 Å². The number of benzene rings is 2. The summed E-state index contributed by atoms with van der Waals surface area (Å²) in [5, 5.41) is 13.7. The van der Waals surface area contributed by atoms with Crippen LogP contribution in [-0.4, -0.2) is 90.3 Å². The van der Waals surface area contributed by atoms with Gasteiger partial charge in [0, 0.05) is 37.4 Å². The van der Waals surface area contributed by atoms with Gasteiger partial charge in [0.05, 0.1) is 37.1 Å². The lowest BCUT2D eigenvalue weighted by molar-refractivity contribution is -0.161. The van der Waals surface area contributed by atoms with Crippen molar-refractivity contribution in [1.29, 1.82) is 0 Å². The van der Waals surface area contributed by atoms with E-state index in [0.717, 1.165) is 18.8 Å². The van der Waals surface area contributed by atoms with E-state index in [-0.39, 0.29) is 43.8 Å². The Morgan fingerprint density at radius 1 is 1.06 bits per heavy atom. The second-order valence-electron chi connectivity index (χ2n) is 14.3. The number of aliphatic hydroxyl groups excluding tert-OH is 1. The second kappa shape index (κ2) is 17.6. The lowest BCUT2D eigenvalue weighted by Gasteiger charge is -2.41. The van der Waals surface area contributed by atoms with E-state index in [1.807, 2.05) is 68.4 Å². The third kappa shape index (κ3) is 7.78. The average molecular weight is 729 g/mol. The fourth-order valence-corrected chi connectivity index (χ4v) is 8.48. The summed E-state index contributed by atoms with van der Waals surface area (Å²) in [6.07, 6.45) is 4.16. The topological polar surface area (TPSA) is 129 Å². The number of rotatable bonds is 19. The zero-order chi connectivity index (χ0) is 38.3. The molecule has 3 heterocycles. The van der Waals surface area contributed by atoms with E-state index < -0.39 is 53.6 Å². The van der Waals surface area contributed by atoms with Crippen LogP contribution in [0.4, 0.5) is 11.4 Å². The first-order valence-electron chi connectivity index (χ1n) is 19.1. The van der Waals surface area contributed by atoms with E-state index in [9.17, 15) is 19.5 Å². The van der Waals surface area contributed by atoms with Gasteiger partial charge in [-0.25, -0.2) is 0 Å². The predicted octanol–water partition coefficient (Wildman–Crippen LogP) is 5.20. The molecule has 11 heteroatoms. The predicted molar refractivity (Wildman–Crippen MR) is 205 cm³/mol. The molecule has 3 saturated heterocycles. The summed E-state index contributed by atoms with van der Waals surface area (Å²) in [5.41, 5.74) is 1.07. The minimum atomic E-state index is -1.30. The molecule has 2 aromatic carbocycles. The molecule has 286 valence electrons. The molecule has 2 N–H and O–H groups in total. The fourth-order valence-electron chi connectivity index (χ4n) is 8.48. The van der Waals surface area contributed by atoms with E-state index in [4.69, 9.17) is 9.47 Å². The van der Waals surface area contributed by atoms with Crippen molar-refractivity contribution < 1.29 is 33.8 Å². The molecule has 3 aliphatic rings. The van der Waals surface area contributed by atoms with E-state index in [2.05, 4.69) is 37.2 Å². The summed E-state index contributed by atoms with van der Waals surface area (Å²) in [7, 11) is 0. The van der Waals surface area contributed by atoms with Crippen molar-refractivity contribution in [3.05, 3.63) is 85.5 Å². The molecule has 2 bridgehead atoms. The van der Waals surface area contributed by atoms with Crippen LogP contribution in [0.15, 0.2) is 79.9 Å². The zero-order valence-corrected chi connectivity index (χ0v) is 31.6. The van der Waals surface area contributed by atoms with E-state index >= 15 is 4.79 Å². The molecule has 11 nitrogen and oxygen atoms in total. The highest BCUT2D eigenvalue weighted by Crippen LogP contribution is 2.59. The number of carbonyl (C=O) groups excluding carboxylic acids is 4. The van der Waals surface area contributed by atoms with Gasteiger partial charge in [0.25, 0.3) is 5.91 Å². The number of carbonyl (C=O) groups is 4. The van der Waals surface area contributed by atoms with Gasteiger partial charge in [-0.15, -0.1) is 13.2 Å². The number of hydrogen-bond acceptors (Lipinski definition) is 8. The molecule has 3 amide bonds. The van der Waals surface area contributed by atoms with Gasteiger partial charge in [0.15, 0.2) is 0 Å². The Hall–Kier alpha value is -4.48. The number of aliphatic hydroxyl groups is 1. The molecule has 0 aliphatic carbocycles. The van der Waals surface area contributed by atoms with E-state index in [1.165, 1.54) is 4.90 Å². The maximum atomic E-state index is 15.1. The Kier molecular flexibility index (Phi) is 13.2. The second-order valence-corrected chi connectivity index (χ2v) is 14.3. The van der Waals surface area contributed by atoms with Crippen molar-refractivity contribution in [1.82, 2.24) is 10.2 Å². The lowest BCUT2D eigenvalue weighted by atomic mass is 9.70. The third-order valence-electron chi connectivity index (χ3n) is 11.4. The van der Waals surface area contributed by atoms with Crippen LogP contribution in [0.3, 0.4) is 0 Å². The van der Waals surface area contributed by atoms with E-state index in [0.29, 0.717) is 36.9 Å². The van der Waals surface area contributed by atoms with E-state index in [1.54, 1.807) is 17.1 Å². The highest BCUT2D eigenvalue weighted by molar-refractivity contribution is 6.05. The van der Waals surface area contributed by atoms with Crippen LogP contribution in [0.1, 0.15) is 71.5 Å². The monoisotopic (exact) mass is 728 g/mol. The summed E-state index contributed by atoms with van der Waals surface area (Å²) < 4.78 is 12.9. The first kappa shape index (κ1) is 39.7. The molecule has 53 heavy (non-hydrogen) atoms. The standard InChI is InChI=1S/C42H56N4O7/c1-7-12-18-35(48)43-26-34(29-16-14-13-15-17-29)52-41(51)36-33-23-24-42(53-33)37(36)39(49)46(32(27-47)28(6)9-3)38(42)40(50)45(25-8-2)31-21-19-30(20-22-31)44(10-4)11-5/h7-8,13-17,19-22,28,32-34,36-38,47H,1-2,9-12,18,23-27H2,3-6H3,(H,43,48)/t28-,32-,33+,34-,36-,37-,38+,42-/m0/s1. The van der Waals surface area contributed by atoms with Gasteiger partial charge in [-0.2, -0.15) is 0 Å². The third-order valence-corrected chi connectivity index (χ3v) is 11.4. The van der Waals surface area contributed by atoms with Crippen molar-refractivity contribution in [3.63, 3.8) is 0 Å². The Morgan fingerprint density at radius 3 is 2.34 bits per heavy atom. The number of nitrogens with one attached hydrogen (secondary N) is 1. The number of hydrogen-bond donors (Lipinski definition) is 2. The Balaban J connectivity index is 1.51. The van der Waals surface area contributed by atoms with Crippen LogP contribution >= 0.6 is 0 Å². The fraction of sp³-hybridized carbons (Fsp3) is 0.524. The average Bonchev–Trinajstić information content (AvgIpc) is 3.83. The Labute approximate surface area is 314 Å². The van der Waals surface area contributed by atoms with Crippen molar-refractivity contribution in [2.45, 2.75) is 89.7 Å². The maximum Gasteiger partial charge on any atom is 0.313 e. The van der Waals surface area contributed by atoms with Gasteiger partial charge in [-0.05, 0) is 68.9 Å². The molecule has 0 radical (unpaired) electrons. The number of anilines is 2. The van der Waals surface area contributed by atoms with Gasteiger partial charge >= 0.3 is 5.97 Å². The van der Waals surface area contributed by atoms with Crippen molar-refractivity contribution in [2.24, 2.45) is 17.8 Å². The summed E-state index contributed by atoms with van der Waals surface area (Å²) in [4.78, 5) is 62.2. The lowest BCUT2D eigenvalue weighted by Crippen LogP contribution is -2.60. The molecule has 0 aromatic heterocycles. The Morgan fingerprint density at radius 2 is 1.74 bits per heavy atom. The summed E-state index contributed by atoms with van der Waals surface area (Å²) in [6.45, 7) is 17.3. The largest absolute Gasteiger partial charge is 0.455 e. The van der Waals surface area contributed by atoms with Crippen molar-refractivity contribution in [3.8, 4) is 0 Å². The highest BCUT2D eigenvalue weighted by Gasteiger charge is 2.76. The number of esters is 1. The minimum Gasteiger partial charge on any atom is -0.455 e. The minimum absolute atomic E-state index is 0.0468. The molecule has 1 spiro atoms. The molecule has 3 fully saturated rings. The molecule has 5 rings (SSSR count). The van der Waals surface area contributed by atoms with Crippen LogP contribution < -0.4 is 15.1 Å². The van der Waals surface area contributed by atoms with Gasteiger partial charge < -0.3 is 34.6 Å². The molecule has 0 saturated carbocycles. The van der Waals surface area contributed by atoms with Crippen LogP contribution in [-0.2, 0) is 28.7 Å². The van der Waals surface area contributed by atoms with Crippen LogP contribution in [0.5, 0.6) is 0 Å². The molecule has 0 unspecified atom stereocenters. The quantitative estimate of drug-likeness (QED) is 0.149. The molecular formula is C42H56N4O7. The van der Waals surface area contributed by atoms with Crippen molar-refractivity contribution >= 4 is 35.1 Å². The summed E-state index contributed by atoms with van der Waals surface area (Å²) in [5.74, 6) is -3.67. The highest BCUT2D eigenvalue weighted by atomic mass is 16.6. The first-order chi connectivity index (χ1) is 25.6. The molecule has 8 atom stereocenters. The number of allylic oxidation sites excluding steroid dienone is 1. The molecule has 3 aliphatic heterocycles. The van der Waals surface area contributed by atoms with Gasteiger partial charge in [-0.3, -0.25) is 19.2 Å². The Bertz CT molecular complexity index is 1610. The van der Waals surface area contributed by atoms with Crippen LogP contribution in [0, 0.1) is 17.8 Å². The van der Waals surface area contributed by atoms with Gasteiger partial charge in [-0.1, -0.05) is 62.8 Å². The summed E-state index contributed by atoms with van der Waals surface area (Å²) in [6, 6.07) is 15.1. The number of nitrogens with zero attached hydrogens (tertiary/aromatic N) is 3. The SMILES string of the molecule is C=CCCC(=O)NC[C@H](OC(=O)[C@@H]1[C@H]2C(=O)N([C@@H](CO)[C@@H](C)CC)[C@H](C(=O)N(CC=C)c3ccc(N(CC)CC)cc3)[C@]23CC[C@H]1O3)c1ccccc1. The van der Waals surface area contributed by atoms with Crippen LogP contribution in [0.2, 0.25) is 0 Å². The smallest absolute Gasteiger partial charge is 0.313 e. The van der Waals surface area contributed by atoms with Gasteiger partial charge in [0.2, 0.25) is 11.8 Å². The van der Waals surface area contributed by atoms with Crippen LogP contribution in [0.25, 0.3) is 0 Å². The van der Waals surface area contributed by atoms with Crippen molar-refractivity contribution in [2.75, 3.05) is 42.6 Å². The number of ether oxygens (including phenoxy) is 2. The zero-order valence-electron chi connectivity index (χ0n) is 31.6. The molecule has 2 aromatic rings. The number of fused-ring (bicyclic) bond motifs is 1. The molecular weight excluding hydrogens is 672 g/mol. The number of amides is 3. The first-order valence-corrected chi connectivity index (χ1v) is 19.1.